The highest BCUT2D eigenvalue weighted by Gasteiger charge is 2.46. The van der Waals surface area contributed by atoms with Gasteiger partial charge in [0, 0.05) is 11.6 Å². The van der Waals surface area contributed by atoms with Crippen molar-refractivity contribution in [1.82, 2.24) is 5.32 Å². The van der Waals surface area contributed by atoms with Gasteiger partial charge in [-0.2, -0.15) is 13.2 Å². The number of alkyl halides is 3. The number of hydrogen-bond acceptors (Lipinski definition) is 3. The highest BCUT2D eigenvalue weighted by Crippen LogP contribution is 2.38. The van der Waals surface area contributed by atoms with Crippen molar-refractivity contribution in [1.29, 1.82) is 0 Å². The molecule has 0 radical (unpaired) electrons. The van der Waals surface area contributed by atoms with Gasteiger partial charge in [0.25, 0.3) is 15.9 Å². The van der Waals surface area contributed by atoms with E-state index in [4.69, 9.17) is 11.6 Å². The molecule has 1 aliphatic carbocycles. The summed E-state index contributed by atoms with van der Waals surface area (Å²) in [4.78, 5) is 12.4. The summed E-state index contributed by atoms with van der Waals surface area (Å²) >= 11 is 6.03. The normalized spacial score (nSPS) is 19.6. The van der Waals surface area contributed by atoms with Crippen molar-refractivity contribution in [3.8, 4) is 0 Å². The predicted octanol–water partition coefficient (Wildman–Crippen LogP) is 5.13. The number of carbonyl (C=O) groups excluding carboxylic acids is 1. The van der Waals surface area contributed by atoms with Crippen molar-refractivity contribution < 1.29 is 30.8 Å². The first-order valence-electron chi connectivity index (χ1n) is 9.43. The predicted molar refractivity (Wildman–Crippen MR) is 108 cm³/mol. The van der Waals surface area contributed by atoms with Gasteiger partial charge in [-0.05, 0) is 55.3 Å². The Bertz CT molecular complexity index is 1060. The van der Waals surface area contributed by atoms with Crippen LogP contribution in [0, 0.1) is 11.7 Å². The summed E-state index contributed by atoms with van der Waals surface area (Å²) in [5, 5.41) is 2.40. The van der Waals surface area contributed by atoms with Crippen LogP contribution in [-0.2, 0) is 10.0 Å². The van der Waals surface area contributed by atoms with Crippen LogP contribution in [0.3, 0.4) is 0 Å². The molecule has 2 aromatic carbocycles. The minimum Gasteiger partial charge on any atom is -0.349 e. The molecule has 0 heterocycles. The maximum absolute atomic E-state index is 13.3. The Morgan fingerprint density at radius 1 is 1.03 bits per heavy atom. The van der Waals surface area contributed by atoms with Crippen molar-refractivity contribution in [2.45, 2.75) is 42.8 Å². The zero-order valence-corrected chi connectivity index (χ0v) is 17.6. The summed E-state index contributed by atoms with van der Waals surface area (Å²) in [5.74, 6) is -3.01. The van der Waals surface area contributed by atoms with Gasteiger partial charge in [-0.3, -0.25) is 9.52 Å². The maximum Gasteiger partial charge on any atom is 0.393 e. The Kier molecular flexibility index (Phi) is 6.80. The van der Waals surface area contributed by atoms with Gasteiger partial charge in [-0.25, -0.2) is 12.8 Å². The summed E-state index contributed by atoms with van der Waals surface area (Å²) in [6.07, 6.45) is -3.27. The second-order valence-corrected chi connectivity index (χ2v) is 9.36. The van der Waals surface area contributed by atoms with E-state index in [1.54, 1.807) is 0 Å². The van der Waals surface area contributed by atoms with E-state index in [0.29, 0.717) is 12.8 Å². The number of benzene rings is 2. The number of anilines is 1. The van der Waals surface area contributed by atoms with Crippen molar-refractivity contribution in [3.63, 3.8) is 0 Å². The molecule has 1 fully saturated rings. The molecule has 1 amide bonds. The standard InChI is InChI=1S/C20H19ClF4N2O3S/c21-16-10-5-12(19(28)26-17-4-2-1-3-15(17)20(23,24)25)11-18(16)27-31(29,30)14-8-6-13(22)7-9-14/h5-11,15,17,27H,1-4H2,(H,26,28). The molecular formula is C20H19ClF4N2O3S. The molecule has 2 unspecified atom stereocenters. The van der Waals surface area contributed by atoms with Crippen LogP contribution in [-0.4, -0.2) is 26.5 Å². The molecule has 1 saturated carbocycles. The molecule has 11 heteroatoms. The molecule has 0 aliphatic heterocycles. The Morgan fingerprint density at radius 3 is 2.32 bits per heavy atom. The molecule has 0 saturated heterocycles. The number of rotatable bonds is 5. The van der Waals surface area contributed by atoms with Gasteiger partial charge in [-0.1, -0.05) is 24.4 Å². The van der Waals surface area contributed by atoms with Crippen molar-refractivity contribution in [3.05, 3.63) is 58.9 Å². The molecule has 3 rings (SSSR count). The molecule has 5 nitrogen and oxygen atoms in total. The number of amides is 1. The minimum absolute atomic E-state index is 0.0203. The van der Waals surface area contributed by atoms with Gasteiger partial charge in [0.1, 0.15) is 5.82 Å². The Balaban J connectivity index is 1.80. The van der Waals surface area contributed by atoms with Crippen LogP contribution < -0.4 is 10.0 Å². The molecule has 1 aliphatic rings. The molecule has 31 heavy (non-hydrogen) atoms. The summed E-state index contributed by atoms with van der Waals surface area (Å²) < 4.78 is 80.1. The maximum atomic E-state index is 13.3. The Labute approximate surface area is 181 Å². The van der Waals surface area contributed by atoms with E-state index in [9.17, 15) is 30.8 Å². The lowest BCUT2D eigenvalue weighted by Crippen LogP contribution is -2.47. The molecule has 2 aromatic rings. The highest BCUT2D eigenvalue weighted by molar-refractivity contribution is 7.92. The number of hydrogen-bond donors (Lipinski definition) is 2. The first-order valence-corrected chi connectivity index (χ1v) is 11.3. The quantitative estimate of drug-likeness (QED) is 0.585. The first kappa shape index (κ1) is 23.3. The van der Waals surface area contributed by atoms with E-state index in [1.165, 1.54) is 12.1 Å². The van der Waals surface area contributed by atoms with Crippen molar-refractivity contribution in [2.75, 3.05) is 4.72 Å². The molecule has 2 N–H and O–H groups in total. The molecule has 168 valence electrons. The summed E-state index contributed by atoms with van der Waals surface area (Å²) in [5.41, 5.74) is -0.178. The molecule has 0 bridgehead atoms. The number of halogens is 5. The number of nitrogens with one attached hydrogen (secondary N) is 2. The fraction of sp³-hybridized carbons (Fsp3) is 0.350. The lowest BCUT2D eigenvalue weighted by molar-refractivity contribution is -0.187. The van der Waals surface area contributed by atoms with E-state index in [-0.39, 0.29) is 34.0 Å². The first-order chi connectivity index (χ1) is 14.5. The summed E-state index contributed by atoms with van der Waals surface area (Å²) in [6.45, 7) is 0. The van der Waals surface area contributed by atoms with Gasteiger partial charge in [0.2, 0.25) is 0 Å². The fourth-order valence-electron chi connectivity index (χ4n) is 3.51. The van der Waals surface area contributed by atoms with Crippen LogP contribution in [0.2, 0.25) is 5.02 Å². The fourth-order valence-corrected chi connectivity index (χ4v) is 4.80. The topological polar surface area (TPSA) is 75.3 Å². The lowest BCUT2D eigenvalue weighted by atomic mass is 9.84. The van der Waals surface area contributed by atoms with Crippen LogP contribution >= 0.6 is 11.6 Å². The van der Waals surface area contributed by atoms with Crippen molar-refractivity contribution in [2.24, 2.45) is 5.92 Å². The van der Waals surface area contributed by atoms with E-state index in [1.807, 2.05) is 0 Å². The number of sulfonamides is 1. The van der Waals surface area contributed by atoms with E-state index in [0.717, 1.165) is 30.3 Å². The molecule has 0 spiro atoms. The number of carbonyl (C=O) groups is 1. The summed E-state index contributed by atoms with van der Waals surface area (Å²) in [6, 6.07) is 6.70. The third-order valence-electron chi connectivity index (χ3n) is 5.10. The van der Waals surface area contributed by atoms with E-state index < -0.39 is 39.9 Å². The smallest absolute Gasteiger partial charge is 0.349 e. The second-order valence-electron chi connectivity index (χ2n) is 7.27. The highest BCUT2D eigenvalue weighted by atomic mass is 35.5. The average Bonchev–Trinajstić information content (AvgIpc) is 2.69. The monoisotopic (exact) mass is 478 g/mol. The van der Waals surface area contributed by atoms with Crippen LogP contribution in [0.25, 0.3) is 0 Å². The van der Waals surface area contributed by atoms with Gasteiger partial charge >= 0.3 is 6.18 Å². The van der Waals surface area contributed by atoms with Crippen LogP contribution in [0.4, 0.5) is 23.2 Å². The molecule has 0 aromatic heterocycles. The largest absolute Gasteiger partial charge is 0.393 e. The summed E-state index contributed by atoms with van der Waals surface area (Å²) in [7, 11) is -4.13. The van der Waals surface area contributed by atoms with Gasteiger partial charge in [0.05, 0.1) is 21.5 Å². The molecular weight excluding hydrogens is 460 g/mol. The van der Waals surface area contributed by atoms with Crippen molar-refractivity contribution >= 4 is 33.2 Å². The van der Waals surface area contributed by atoms with Crippen LogP contribution in [0.1, 0.15) is 36.0 Å². The molecule has 2 atom stereocenters. The zero-order chi connectivity index (χ0) is 22.8. The average molecular weight is 479 g/mol. The Morgan fingerprint density at radius 2 is 1.68 bits per heavy atom. The zero-order valence-electron chi connectivity index (χ0n) is 16.0. The van der Waals surface area contributed by atoms with E-state index in [2.05, 4.69) is 10.0 Å². The lowest BCUT2D eigenvalue weighted by Gasteiger charge is -2.33. The van der Waals surface area contributed by atoms with Crippen LogP contribution in [0.15, 0.2) is 47.4 Å². The SMILES string of the molecule is O=C(NC1CCCCC1C(F)(F)F)c1ccc(Cl)c(NS(=O)(=O)c2ccc(F)cc2)c1. The second kappa shape index (κ2) is 9.04. The third kappa shape index (κ3) is 5.68. The Hall–Kier alpha value is -2.33. The van der Waals surface area contributed by atoms with Gasteiger partial charge in [-0.15, -0.1) is 0 Å². The van der Waals surface area contributed by atoms with Gasteiger partial charge < -0.3 is 5.32 Å². The minimum atomic E-state index is -4.42. The third-order valence-corrected chi connectivity index (χ3v) is 6.81. The van der Waals surface area contributed by atoms with Gasteiger partial charge in [0.15, 0.2) is 0 Å². The van der Waals surface area contributed by atoms with Crippen LogP contribution in [0.5, 0.6) is 0 Å². The van der Waals surface area contributed by atoms with E-state index >= 15 is 0 Å².